The summed E-state index contributed by atoms with van der Waals surface area (Å²) < 4.78 is 80.2. The van der Waals surface area contributed by atoms with Gasteiger partial charge in [-0.25, -0.2) is 13.2 Å². The lowest BCUT2D eigenvalue weighted by atomic mass is 9.80. The van der Waals surface area contributed by atoms with Crippen molar-refractivity contribution in [3.8, 4) is 11.8 Å². The van der Waals surface area contributed by atoms with Crippen LogP contribution in [0.5, 0.6) is 0 Å². The van der Waals surface area contributed by atoms with Gasteiger partial charge in [-0.2, -0.15) is 13.2 Å². The minimum absolute atomic E-state index is 0.0684. The van der Waals surface area contributed by atoms with Crippen LogP contribution in [0.4, 0.5) is 26.3 Å². The van der Waals surface area contributed by atoms with Crippen molar-refractivity contribution in [1.29, 1.82) is 0 Å². The Labute approximate surface area is 172 Å². The molecule has 0 aromatic heterocycles. The lowest BCUT2D eigenvalue weighted by Gasteiger charge is -2.25. The minimum atomic E-state index is -5.14. The molecule has 30 heavy (non-hydrogen) atoms. The van der Waals surface area contributed by atoms with Gasteiger partial charge >= 0.3 is 6.18 Å². The van der Waals surface area contributed by atoms with Gasteiger partial charge < -0.3 is 0 Å². The van der Waals surface area contributed by atoms with E-state index < -0.39 is 29.2 Å². The summed E-state index contributed by atoms with van der Waals surface area (Å²) in [5.41, 5.74) is -0.609. The first-order chi connectivity index (χ1) is 14.2. The van der Waals surface area contributed by atoms with Crippen LogP contribution in [0.25, 0.3) is 0 Å². The standard InChI is InChI=1S/C24H22F6/c1-2-3-4-5-15-7-11-19-18(12-15)10-9-17(23(19)27)8-6-16-13-20(25)22(21(26)14-16)24(28,29)30/h9-10,13-15H,2-5,7,11-12H2,1H3. The van der Waals surface area contributed by atoms with Crippen LogP contribution in [0, 0.1) is 35.2 Å². The summed E-state index contributed by atoms with van der Waals surface area (Å²) in [5, 5.41) is 0. The lowest BCUT2D eigenvalue weighted by Crippen LogP contribution is -2.16. The third kappa shape index (κ3) is 5.00. The molecule has 1 unspecified atom stereocenters. The van der Waals surface area contributed by atoms with Crippen LogP contribution in [-0.4, -0.2) is 0 Å². The summed E-state index contributed by atoms with van der Waals surface area (Å²) in [6.45, 7) is 2.15. The highest BCUT2D eigenvalue weighted by Crippen LogP contribution is 2.34. The molecule has 1 aliphatic rings. The monoisotopic (exact) mass is 424 g/mol. The second-order valence-electron chi connectivity index (χ2n) is 7.73. The largest absolute Gasteiger partial charge is 0.422 e. The van der Waals surface area contributed by atoms with Gasteiger partial charge in [0.25, 0.3) is 0 Å². The second-order valence-corrected chi connectivity index (χ2v) is 7.73. The number of halogens is 6. The Kier molecular flexibility index (Phi) is 6.80. The fraction of sp³-hybridized carbons (Fsp3) is 0.417. The van der Waals surface area contributed by atoms with E-state index in [1.807, 2.05) is 6.07 Å². The molecular formula is C24H22F6. The maximum Gasteiger partial charge on any atom is 0.422 e. The molecule has 0 saturated carbocycles. The Morgan fingerprint density at radius 3 is 2.33 bits per heavy atom. The molecule has 0 saturated heterocycles. The highest BCUT2D eigenvalue weighted by Gasteiger charge is 2.37. The number of unbranched alkanes of at least 4 members (excludes halogenated alkanes) is 2. The Hall–Kier alpha value is -2.42. The third-order valence-electron chi connectivity index (χ3n) is 5.53. The summed E-state index contributed by atoms with van der Waals surface area (Å²) >= 11 is 0. The molecule has 0 spiro atoms. The fourth-order valence-corrected chi connectivity index (χ4v) is 3.97. The molecule has 0 heterocycles. The van der Waals surface area contributed by atoms with Crippen LogP contribution < -0.4 is 0 Å². The summed E-state index contributed by atoms with van der Waals surface area (Å²) in [6, 6.07) is 4.36. The van der Waals surface area contributed by atoms with Gasteiger partial charge in [0, 0.05) is 5.56 Å². The molecule has 1 aliphatic carbocycles. The zero-order valence-corrected chi connectivity index (χ0v) is 16.6. The van der Waals surface area contributed by atoms with E-state index in [0.29, 0.717) is 30.0 Å². The maximum absolute atomic E-state index is 14.9. The zero-order valence-electron chi connectivity index (χ0n) is 16.6. The molecule has 0 nitrogen and oxygen atoms in total. The van der Waals surface area contributed by atoms with Gasteiger partial charge in [0.1, 0.15) is 23.0 Å². The van der Waals surface area contributed by atoms with Crippen LogP contribution in [0.1, 0.15) is 66.8 Å². The Morgan fingerprint density at radius 2 is 1.70 bits per heavy atom. The fourth-order valence-electron chi connectivity index (χ4n) is 3.97. The predicted octanol–water partition coefficient (Wildman–Crippen LogP) is 7.21. The van der Waals surface area contributed by atoms with Gasteiger partial charge in [-0.05, 0) is 54.5 Å². The van der Waals surface area contributed by atoms with Crippen molar-refractivity contribution in [2.45, 2.75) is 58.0 Å². The van der Waals surface area contributed by atoms with Crippen molar-refractivity contribution < 1.29 is 26.3 Å². The average molecular weight is 424 g/mol. The molecule has 0 N–H and O–H groups in total. The van der Waals surface area contributed by atoms with Crippen LogP contribution in [0.3, 0.4) is 0 Å². The molecule has 3 rings (SSSR count). The predicted molar refractivity (Wildman–Crippen MR) is 103 cm³/mol. The average Bonchev–Trinajstić information content (AvgIpc) is 2.66. The Bertz CT molecular complexity index is 955. The maximum atomic E-state index is 14.9. The molecule has 6 heteroatoms. The summed E-state index contributed by atoms with van der Waals surface area (Å²) in [5.74, 6) is 1.47. The highest BCUT2D eigenvalue weighted by molar-refractivity contribution is 5.48. The molecule has 0 fully saturated rings. The molecule has 1 atom stereocenters. The van der Waals surface area contributed by atoms with E-state index >= 15 is 0 Å². The normalized spacial score (nSPS) is 16.0. The summed E-state index contributed by atoms with van der Waals surface area (Å²) in [4.78, 5) is 0. The van der Waals surface area contributed by atoms with Crippen molar-refractivity contribution in [3.63, 3.8) is 0 Å². The quantitative estimate of drug-likeness (QED) is 0.276. The molecule has 0 bridgehead atoms. The van der Waals surface area contributed by atoms with Gasteiger partial charge in [0.15, 0.2) is 0 Å². The van der Waals surface area contributed by atoms with Crippen LogP contribution in [-0.2, 0) is 19.0 Å². The highest BCUT2D eigenvalue weighted by atomic mass is 19.4. The van der Waals surface area contributed by atoms with Crippen molar-refractivity contribution >= 4 is 0 Å². The first-order valence-electron chi connectivity index (χ1n) is 10.1. The Balaban J connectivity index is 1.81. The van der Waals surface area contributed by atoms with Gasteiger partial charge in [0.05, 0.1) is 5.56 Å². The first kappa shape index (κ1) is 22.3. The molecule has 0 radical (unpaired) electrons. The minimum Gasteiger partial charge on any atom is -0.206 e. The molecule has 160 valence electrons. The molecule has 0 aliphatic heterocycles. The third-order valence-corrected chi connectivity index (χ3v) is 5.53. The SMILES string of the molecule is CCCCCC1CCc2c(ccc(C#Cc3cc(F)c(C(F)(F)F)c(F)c3)c2F)C1. The van der Waals surface area contributed by atoms with Crippen LogP contribution in [0.2, 0.25) is 0 Å². The summed E-state index contributed by atoms with van der Waals surface area (Å²) in [6.07, 6.45) is 1.84. The van der Waals surface area contributed by atoms with E-state index in [-0.39, 0.29) is 11.1 Å². The number of hydrogen-bond donors (Lipinski definition) is 0. The van der Waals surface area contributed by atoms with Crippen LogP contribution in [0.15, 0.2) is 24.3 Å². The number of fused-ring (bicyclic) bond motifs is 1. The van der Waals surface area contributed by atoms with Gasteiger partial charge in [-0.15, -0.1) is 0 Å². The second kappa shape index (κ2) is 9.16. The van der Waals surface area contributed by atoms with E-state index in [4.69, 9.17) is 0 Å². The van der Waals surface area contributed by atoms with Gasteiger partial charge in [0.2, 0.25) is 0 Å². The molecule has 2 aromatic rings. The molecule has 0 amide bonds. The number of hydrogen-bond acceptors (Lipinski definition) is 0. The smallest absolute Gasteiger partial charge is 0.206 e. The van der Waals surface area contributed by atoms with Crippen LogP contribution >= 0.6 is 0 Å². The van der Waals surface area contributed by atoms with E-state index in [9.17, 15) is 26.3 Å². The van der Waals surface area contributed by atoms with Crippen molar-refractivity contribution in [2.75, 3.05) is 0 Å². The lowest BCUT2D eigenvalue weighted by molar-refractivity contribution is -0.142. The van der Waals surface area contributed by atoms with Crippen molar-refractivity contribution in [3.05, 3.63) is 69.5 Å². The van der Waals surface area contributed by atoms with E-state index in [1.165, 1.54) is 18.9 Å². The van der Waals surface area contributed by atoms with Gasteiger partial charge in [-0.1, -0.05) is 50.5 Å². The Morgan fingerprint density at radius 1 is 1.00 bits per heavy atom. The number of rotatable bonds is 4. The van der Waals surface area contributed by atoms with Gasteiger partial charge in [-0.3, -0.25) is 0 Å². The number of alkyl halides is 3. The van der Waals surface area contributed by atoms with E-state index in [1.54, 1.807) is 0 Å². The van der Waals surface area contributed by atoms with E-state index in [0.717, 1.165) is 31.2 Å². The zero-order chi connectivity index (χ0) is 21.9. The summed E-state index contributed by atoms with van der Waals surface area (Å²) in [7, 11) is 0. The van der Waals surface area contributed by atoms with Crippen molar-refractivity contribution in [2.24, 2.45) is 5.92 Å². The van der Waals surface area contributed by atoms with E-state index in [2.05, 4.69) is 18.8 Å². The molecular weight excluding hydrogens is 402 g/mol. The topological polar surface area (TPSA) is 0 Å². The molecule has 2 aromatic carbocycles. The first-order valence-corrected chi connectivity index (χ1v) is 10.1. The number of benzene rings is 2. The van der Waals surface area contributed by atoms with Crippen molar-refractivity contribution in [1.82, 2.24) is 0 Å².